The summed E-state index contributed by atoms with van der Waals surface area (Å²) in [5, 5.41) is 2.80. The zero-order valence-corrected chi connectivity index (χ0v) is 21.4. The summed E-state index contributed by atoms with van der Waals surface area (Å²) >= 11 is 0. The first kappa shape index (κ1) is 24.4. The second-order valence-electron chi connectivity index (χ2n) is 9.34. The summed E-state index contributed by atoms with van der Waals surface area (Å²) in [5.41, 5.74) is 5.84. The summed E-state index contributed by atoms with van der Waals surface area (Å²) in [6.45, 7) is 4.18. The number of hydrogen-bond acceptors (Lipinski definition) is 4. The van der Waals surface area contributed by atoms with Crippen LogP contribution in [0.15, 0.2) is 84.9 Å². The molecule has 0 unspecified atom stereocenters. The monoisotopic (exact) mass is 487 g/mol. The van der Waals surface area contributed by atoms with Gasteiger partial charge in [0.1, 0.15) is 0 Å². The van der Waals surface area contributed by atoms with Gasteiger partial charge in [-0.1, -0.05) is 86.1 Å². The molecule has 1 heterocycles. The average molecular weight is 488 g/mol. The van der Waals surface area contributed by atoms with Gasteiger partial charge >= 0.3 is 5.97 Å². The summed E-state index contributed by atoms with van der Waals surface area (Å²) < 4.78 is 5.21. The first-order chi connectivity index (χ1) is 18.0. The van der Waals surface area contributed by atoms with Gasteiger partial charge in [-0.05, 0) is 48.4 Å². The van der Waals surface area contributed by atoms with E-state index < -0.39 is 5.97 Å². The minimum Gasteiger partial charge on any atom is -0.465 e. The van der Waals surface area contributed by atoms with Crippen LogP contribution in [0.4, 0.5) is 0 Å². The van der Waals surface area contributed by atoms with E-state index in [0.717, 1.165) is 56.9 Å². The molecule has 0 N–H and O–H groups in total. The third-order valence-corrected chi connectivity index (χ3v) is 6.84. The summed E-state index contributed by atoms with van der Waals surface area (Å²) in [6, 6.07) is 27.2. The molecular weight excluding hydrogens is 458 g/mol. The van der Waals surface area contributed by atoms with Crippen molar-refractivity contribution in [1.82, 2.24) is 4.98 Å². The number of aryl methyl sites for hydroxylation is 2. The number of carbonyl (C=O) groups excluding carboxylic acids is 2. The highest BCUT2D eigenvalue weighted by atomic mass is 16.5. The van der Waals surface area contributed by atoms with Crippen molar-refractivity contribution < 1.29 is 14.3 Å². The number of fused-ring (bicyclic) bond motifs is 3. The number of methoxy groups -OCH3 is 1. The minimum atomic E-state index is -0.526. The van der Waals surface area contributed by atoms with Crippen molar-refractivity contribution in [3.63, 3.8) is 0 Å². The van der Waals surface area contributed by atoms with Gasteiger partial charge in [0.25, 0.3) is 0 Å². The maximum atomic E-state index is 14.0. The van der Waals surface area contributed by atoms with Crippen LogP contribution in [-0.4, -0.2) is 23.8 Å². The Morgan fingerprint density at radius 1 is 0.865 bits per heavy atom. The Morgan fingerprint density at radius 2 is 1.57 bits per heavy atom. The number of ketones is 1. The lowest BCUT2D eigenvalue weighted by Crippen LogP contribution is -2.16. The lowest BCUT2D eigenvalue weighted by atomic mass is 9.84. The molecule has 0 atom stereocenters. The highest BCUT2D eigenvalue weighted by Crippen LogP contribution is 2.39. The van der Waals surface area contributed by atoms with Crippen LogP contribution in [0.25, 0.3) is 32.9 Å². The van der Waals surface area contributed by atoms with E-state index >= 15 is 0 Å². The maximum Gasteiger partial charge on any atom is 0.338 e. The van der Waals surface area contributed by atoms with Crippen LogP contribution in [0.1, 0.15) is 57.2 Å². The van der Waals surface area contributed by atoms with Crippen molar-refractivity contribution in [3.8, 4) is 11.3 Å². The molecule has 0 saturated heterocycles. The van der Waals surface area contributed by atoms with E-state index in [1.165, 1.54) is 7.11 Å². The van der Waals surface area contributed by atoms with E-state index in [4.69, 9.17) is 9.72 Å². The third-order valence-electron chi connectivity index (χ3n) is 6.84. The van der Waals surface area contributed by atoms with Crippen molar-refractivity contribution in [3.05, 3.63) is 113 Å². The Balaban J connectivity index is 1.99. The number of rotatable bonds is 7. The van der Waals surface area contributed by atoms with Crippen LogP contribution in [0.2, 0.25) is 0 Å². The number of hydrogen-bond donors (Lipinski definition) is 0. The number of esters is 1. The fourth-order valence-corrected chi connectivity index (χ4v) is 5.04. The van der Waals surface area contributed by atoms with Gasteiger partial charge in [0, 0.05) is 27.5 Å². The molecule has 0 spiro atoms. The van der Waals surface area contributed by atoms with Gasteiger partial charge in [-0.3, -0.25) is 4.79 Å². The second-order valence-corrected chi connectivity index (χ2v) is 9.34. The first-order valence-corrected chi connectivity index (χ1v) is 12.7. The van der Waals surface area contributed by atoms with Crippen molar-refractivity contribution in [1.29, 1.82) is 0 Å². The molecule has 0 aliphatic heterocycles. The molecule has 0 bridgehead atoms. The maximum absolute atomic E-state index is 14.0. The van der Waals surface area contributed by atoms with Crippen LogP contribution in [0.5, 0.6) is 0 Å². The standard InChI is InChI=1S/C33H29NO3/c1-4-5-16-25-29-24-18-17-21(2)19-28(24)34-31(22-12-8-6-9-13-22)26(29)20-27(33(36)37-3)30(25)32(35)23-14-10-7-11-15-23/h6-15,17-20H,4-5,16H2,1-3H3. The molecule has 0 aliphatic carbocycles. The zero-order valence-electron chi connectivity index (χ0n) is 21.4. The topological polar surface area (TPSA) is 56.3 Å². The van der Waals surface area contributed by atoms with Gasteiger partial charge in [-0.25, -0.2) is 9.78 Å². The van der Waals surface area contributed by atoms with Crippen LogP contribution in [-0.2, 0) is 11.2 Å². The van der Waals surface area contributed by atoms with E-state index in [1.807, 2.05) is 48.5 Å². The van der Waals surface area contributed by atoms with E-state index in [1.54, 1.807) is 18.2 Å². The van der Waals surface area contributed by atoms with E-state index in [2.05, 4.69) is 32.0 Å². The predicted molar refractivity (Wildman–Crippen MR) is 149 cm³/mol. The molecule has 184 valence electrons. The van der Waals surface area contributed by atoms with E-state index in [-0.39, 0.29) is 11.3 Å². The zero-order chi connectivity index (χ0) is 25.9. The molecule has 4 nitrogen and oxygen atoms in total. The molecule has 4 aromatic carbocycles. The van der Waals surface area contributed by atoms with Gasteiger partial charge in [0.15, 0.2) is 5.78 Å². The lowest BCUT2D eigenvalue weighted by Gasteiger charge is -2.20. The van der Waals surface area contributed by atoms with Crippen molar-refractivity contribution >= 4 is 33.4 Å². The molecule has 0 radical (unpaired) electrons. The molecule has 0 saturated carbocycles. The first-order valence-electron chi connectivity index (χ1n) is 12.7. The van der Waals surface area contributed by atoms with Crippen molar-refractivity contribution in [2.45, 2.75) is 33.1 Å². The number of aromatic nitrogens is 1. The minimum absolute atomic E-state index is 0.174. The van der Waals surface area contributed by atoms with Gasteiger partial charge < -0.3 is 4.74 Å². The number of benzene rings is 4. The molecule has 4 heteroatoms. The van der Waals surface area contributed by atoms with Gasteiger partial charge in [-0.2, -0.15) is 0 Å². The molecule has 5 aromatic rings. The Morgan fingerprint density at radius 3 is 2.24 bits per heavy atom. The molecule has 1 aromatic heterocycles. The Bertz CT molecular complexity index is 1620. The quantitative estimate of drug-likeness (QED) is 0.134. The summed E-state index contributed by atoms with van der Waals surface area (Å²) in [6.07, 6.45) is 2.49. The van der Waals surface area contributed by atoms with Crippen LogP contribution in [0.3, 0.4) is 0 Å². The molecule has 0 amide bonds. The molecule has 5 rings (SSSR count). The molecule has 37 heavy (non-hydrogen) atoms. The fraction of sp³-hybridized carbons (Fsp3) is 0.182. The summed E-state index contributed by atoms with van der Waals surface area (Å²) in [4.78, 5) is 32.3. The van der Waals surface area contributed by atoms with Gasteiger partial charge in [0.2, 0.25) is 0 Å². The van der Waals surface area contributed by atoms with Crippen LogP contribution in [0, 0.1) is 6.92 Å². The normalized spacial score (nSPS) is 11.1. The molecule has 0 fully saturated rings. The van der Waals surface area contributed by atoms with Crippen molar-refractivity contribution in [2.24, 2.45) is 0 Å². The average Bonchev–Trinajstić information content (AvgIpc) is 2.94. The van der Waals surface area contributed by atoms with Gasteiger partial charge in [0.05, 0.1) is 23.9 Å². The largest absolute Gasteiger partial charge is 0.465 e. The number of pyridine rings is 1. The van der Waals surface area contributed by atoms with Crippen LogP contribution >= 0.6 is 0 Å². The Hall–Kier alpha value is -4.31. The van der Waals surface area contributed by atoms with E-state index in [9.17, 15) is 9.59 Å². The SMILES string of the molecule is CCCCc1c(C(=O)c2ccccc2)c(C(=O)OC)cc2c(-c3ccccc3)nc3cc(C)ccc3c12. The lowest BCUT2D eigenvalue weighted by molar-refractivity contribution is 0.0597. The molecular formula is C33H29NO3. The number of nitrogens with zero attached hydrogens (tertiary/aromatic N) is 1. The smallest absolute Gasteiger partial charge is 0.338 e. The Kier molecular flexibility index (Phi) is 6.82. The van der Waals surface area contributed by atoms with Gasteiger partial charge in [-0.15, -0.1) is 0 Å². The predicted octanol–water partition coefficient (Wildman–Crippen LogP) is 7.72. The van der Waals surface area contributed by atoms with Crippen molar-refractivity contribution in [2.75, 3.05) is 7.11 Å². The number of carbonyl (C=O) groups is 2. The summed E-state index contributed by atoms with van der Waals surface area (Å²) in [7, 11) is 1.36. The Labute approximate surface area is 216 Å². The third kappa shape index (κ3) is 4.51. The summed E-state index contributed by atoms with van der Waals surface area (Å²) in [5.74, 6) is -0.700. The fourth-order valence-electron chi connectivity index (χ4n) is 5.04. The van der Waals surface area contributed by atoms with Crippen LogP contribution < -0.4 is 0 Å². The number of unbranched alkanes of at least 4 members (excludes halogenated alkanes) is 1. The molecule has 0 aliphatic rings. The highest BCUT2D eigenvalue weighted by Gasteiger charge is 2.27. The second kappa shape index (κ2) is 10.4. The van der Waals surface area contributed by atoms with E-state index in [0.29, 0.717) is 17.5 Å². The number of ether oxygens (including phenoxy) is 1. The highest BCUT2D eigenvalue weighted by molar-refractivity contribution is 6.22.